The molecule has 1 aromatic carbocycles. The van der Waals surface area contributed by atoms with Crippen molar-refractivity contribution >= 4 is 39.7 Å². The highest BCUT2D eigenvalue weighted by Gasteiger charge is 2.26. The number of nitrogens with zero attached hydrogens (tertiary/aromatic N) is 5. The maximum Gasteiger partial charge on any atom is 0.357 e. The number of amides is 1. The molecule has 0 aliphatic heterocycles. The molecule has 0 bridgehead atoms. The van der Waals surface area contributed by atoms with Gasteiger partial charge in [0.25, 0.3) is 5.91 Å². The Bertz CT molecular complexity index is 1170. The van der Waals surface area contributed by atoms with E-state index in [-0.39, 0.29) is 18.0 Å². The molecule has 3 aromatic heterocycles. The lowest BCUT2D eigenvalue weighted by atomic mass is 10.2. The minimum Gasteiger partial charge on any atom is -0.497 e. The highest BCUT2D eigenvalue weighted by atomic mass is 32.1. The molecule has 4 rings (SSSR count). The molecule has 152 valence electrons. The van der Waals surface area contributed by atoms with E-state index in [9.17, 15) is 9.59 Å². The third kappa shape index (κ3) is 3.72. The van der Waals surface area contributed by atoms with Crippen LogP contribution in [-0.4, -0.2) is 45.2 Å². The number of thiazole rings is 1. The zero-order valence-corrected chi connectivity index (χ0v) is 17.0. The molecule has 0 fully saturated rings. The second-order valence-corrected chi connectivity index (χ2v) is 6.86. The average molecular weight is 423 g/mol. The van der Waals surface area contributed by atoms with Crippen LogP contribution >= 0.6 is 11.3 Å². The SMILES string of the molecule is CCOC(=O)c1csc(N(C(=O)c2cc3ncccn3n2)c2ccc(OC)cc2)n1. The van der Waals surface area contributed by atoms with Gasteiger partial charge in [-0.05, 0) is 37.3 Å². The lowest BCUT2D eigenvalue weighted by molar-refractivity contribution is 0.0520. The van der Waals surface area contributed by atoms with Gasteiger partial charge in [-0.2, -0.15) is 5.10 Å². The molecule has 0 N–H and O–H groups in total. The van der Waals surface area contributed by atoms with E-state index in [0.29, 0.717) is 22.2 Å². The zero-order valence-electron chi connectivity index (χ0n) is 16.2. The van der Waals surface area contributed by atoms with Gasteiger partial charge in [0.05, 0.1) is 19.4 Å². The van der Waals surface area contributed by atoms with Gasteiger partial charge in [-0.1, -0.05) is 0 Å². The smallest absolute Gasteiger partial charge is 0.357 e. The van der Waals surface area contributed by atoms with E-state index in [2.05, 4.69) is 15.1 Å². The summed E-state index contributed by atoms with van der Waals surface area (Å²) in [6.07, 6.45) is 3.33. The van der Waals surface area contributed by atoms with Crippen molar-refractivity contribution < 1.29 is 19.1 Å². The Morgan fingerprint density at radius 3 is 2.70 bits per heavy atom. The molecule has 0 radical (unpaired) electrons. The molecule has 0 atom stereocenters. The van der Waals surface area contributed by atoms with Crippen LogP contribution in [0.25, 0.3) is 5.65 Å². The maximum atomic E-state index is 13.4. The van der Waals surface area contributed by atoms with Crippen LogP contribution in [0.3, 0.4) is 0 Å². The second kappa shape index (κ2) is 8.29. The van der Waals surface area contributed by atoms with Gasteiger partial charge in [0.1, 0.15) is 5.75 Å². The first-order valence-corrected chi connectivity index (χ1v) is 9.90. The number of aromatic nitrogens is 4. The largest absolute Gasteiger partial charge is 0.497 e. The predicted molar refractivity (Wildman–Crippen MR) is 111 cm³/mol. The molecule has 0 spiro atoms. The molecule has 1 amide bonds. The summed E-state index contributed by atoms with van der Waals surface area (Å²) in [7, 11) is 1.56. The summed E-state index contributed by atoms with van der Waals surface area (Å²) in [6, 6.07) is 10.3. The van der Waals surface area contributed by atoms with E-state index < -0.39 is 11.9 Å². The Morgan fingerprint density at radius 2 is 2.00 bits per heavy atom. The van der Waals surface area contributed by atoms with Crippen molar-refractivity contribution in [1.29, 1.82) is 0 Å². The van der Waals surface area contributed by atoms with Gasteiger partial charge in [-0.3, -0.25) is 9.69 Å². The summed E-state index contributed by atoms with van der Waals surface area (Å²) in [5.74, 6) is -0.302. The van der Waals surface area contributed by atoms with Crippen LogP contribution in [0.15, 0.2) is 54.2 Å². The fourth-order valence-electron chi connectivity index (χ4n) is 2.76. The fourth-order valence-corrected chi connectivity index (χ4v) is 3.57. The Morgan fingerprint density at radius 1 is 1.20 bits per heavy atom. The monoisotopic (exact) mass is 423 g/mol. The summed E-state index contributed by atoms with van der Waals surface area (Å²) >= 11 is 1.16. The van der Waals surface area contributed by atoms with Gasteiger partial charge >= 0.3 is 5.97 Å². The zero-order chi connectivity index (χ0) is 21.1. The number of anilines is 2. The van der Waals surface area contributed by atoms with E-state index in [1.54, 1.807) is 68.2 Å². The number of hydrogen-bond donors (Lipinski definition) is 0. The summed E-state index contributed by atoms with van der Waals surface area (Å²) in [4.78, 5) is 35.4. The second-order valence-electron chi connectivity index (χ2n) is 6.03. The summed E-state index contributed by atoms with van der Waals surface area (Å²) < 4.78 is 11.7. The van der Waals surface area contributed by atoms with Crippen molar-refractivity contribution in [3.8, 4) is 5.75 Å². The van der Waals surface area contributed by atoms with Crippen LogP contribution in [0.1, 0.15) is 27.9 Å². The molecule has 0 aliphatic carbocycles. The highest BCUT2D eigenvalue weighted by molar-refractivity contribution is 7.14. The number of rotatable bonds is 6. The molecule has 10 heteroatoms. The Hall–Kier alpha value is -3.79. The Balaban J connectivity index is 1.76. The number of carbonyl (C=O) groups is 2. The molecule has 0 aliphatic rings. The normalized spacial score (nSPS) is 10.7. The van der Waals surface area contributed by atoms with E-state index in [1.165, 1.54) is 9.42 Å². The van der Waals surface area contributed by atoms with E-state index in [4.69, 9.17) is 9.47 Å². The van der Waals surface area contributed by atoms with Gasteiger partial charge in [-0.25, -0.2) is 19.3 Å². The third-order valence-corrected chi connectivity index (χ3v) is 4.98. The van der Waals surface area contributed by atoms with E-state index in [1.807, 2.05) is 0 Å². The minimum absolute atomic E-state index is 0.139. The van der Waals surface area contributed by atoms with E-state index >= 15 is 0 Å². The highest BCUT2D eigenvalue weighted by Crippen LogP contribution is 2.31. The molecule has 0 saturated heterocycles. The number of fused-ring (bicyclic) bond motifs is 1. The molecular formula is C20H17N5O4S. The van der Waals surface area contributed by atoms with Crippen molar-refractivity contribution in [2.24, 2.45) is 0 Å². The van der Waals surface area contributed by atoms with Crippen molar-refractivity contribution in [1.82, 2.24) is 19.6 Å². The van der Waals surface area contributed by atoms with Crippen LogP contribution in [0.5, 0.6) is 5.75 Å². The first kappa shape index (κ1) is 19.5. The van der Waals surface area contributed by atoms with Crippen LogP contribution in [0.4, 0.5) is 10.8 Å². The number of carbonyl (C=O) groups excluding carboxylic acids is 2. The number of methoxy groups -OCH3 is 1. The molecule has 30 heavy (non-hydrogen) atoms. The van der Waals surface area contributed by atoms with Crippen molar-refractivity contribution in [2.45, 2.75) is 6.92 Å². The van der Waals surface area contributed by atoms with E-state index in [0.717, 1.165) is 11.3 Å². The first-order chi connectivity index (χ1) is 14.6. The number of esters is 1. The van der Waals surface area contributed by atoms with Crippen LogP contribution in [-0.2, 0) is 4.74 Å². The fraction of sp³-hybridized carbons (Fsp3) is 0.150. The summed E-state index contributed by atoms with van der Waals surface area (Å²) in [6.45, 7) is 1.96. The lowest BCUT2D eigenvalue weighted by Crippen LogP contribution is -2.26. The molecule has 3 heterocycles. The molecule has 4 aromatic rings. The van der Waals surface area contributed by atoms with Crippen molar-refractivity contribution in [3.05, 3.63) is 65.6 Å². The van der Waals surface area contributed by atoms with Gasteiger partial charge in [-0.15, -0.1) is 11.3 Å². The standard InChI is InChI=1S/C20H17N5O4S/c1-3-29-19(27)16-12-30-20(22-16)25(13-5-7-14(28-2)8-6-13)18(26)15-11-17-21-9-4-10-24(17)23-15/h4-12H,3H2,1-2H3. The van der Waals surface area contributed by atoms with Gasteiger partial charge in [0, 0.05) is 23.8 Å². The topological polar surface area (TPSA) is 98.9 Å². The average Bonchev–Trinajstić information content (AvgIpc) is 3.42. The number of hydrogen-bond acceptors (Lipinski definition) is 8. The van der Waals surface area contributed by atoms with Gasteiger partial charge < -0.3 is 9.47 Å². The third-order valence-electron chi connectivity index (χ3n) is 4.16. The number of ether oxygens (including phenoxy) is 2. The molecule has 0 saturated carbocycles. The summed E-state index contributed by atoms with van der Waals surface area (Å²) in [5.41, 5.74) is 1.43. The quantitative estimate of drug-likeness (QED) is 0.439. The Labute approximate surface area is 175 Å². The van der Waals surface area contributed by atoms with Crippen LogP contribution in [0, 0.1) is 0 Å². The van der Waals surface area contributed by atoms with Crippen molar-refractivity contribution in [2.75, 3.05) is 18.6 Å². The molecule has 0 unspecified atom stereocenters. The lowest BCUT2D eigenvalue weighted by Gasteiger charge is -2.19. The first-order valence-electron chi connectivity index (χ1n) is 9.02. The maximum absolute atomic E-state index is 13.4. The summed E-state index contributed by atoms with van der Waals surface area (Å²) in [5, 5.41) is 6.19. The molecular weight excluding hydrogens is 406 g/mol. The minimum atomic E-state index is -0.543. The van der Waals surface area contributed by atoms with Crippen LogP contribution < -0.4 is 9.64 Å². The predicted octanol–water partition coefficient (Wildman–Crippen LogP) is 3.35. The van der Waals surface area contributed by atoms with Gasteiger partial charge in [0.2, 0.25) is 0 Å². The number of benzene rings is 1. The Kier molecular flexibility index (Phi) is 5.40. The van der Waals surface area contributed by atoms with Gasteiger partial charge in [0.15, 0.2) is 22.2 Å². The molecule has 9 nitrogen and oxygen atoms in total. The van der Waals surface area contributed by atoms with Crippen LogP contribution in [0.2, 0.25) is 0 Å². The van der Waals surface area contributed by atoms with Crippen molar-refractivity contribution in [3.63, 3.8) is 0 Å².